The van der Waals surface area contributed by atoms with Gasteiger partial charge in [0.05, 0.1) is 4.92 Å². The number of hydrogen-bond acceptors (Lipinski definition) is 6. The van der Waals surface area contributed by atoms with Crippen LogP contribution in [0.4, 0.5) is 20.2 Å². The van der Waals surface area contributed by atoms with E-state index in [2.05, 4.69) is 10.1 Å². The van der Waals surface area contributed by atoms with Crippen molar-refractivity contribution in [3.63, 3.8) is 0 Å². The third-order valence-corrected chi connectivity index (χ3v) is 3.16. The molecule has 0 radical (unpaired) electrons. The summed E-state index contributed by atoms with van der Waals surface area (Å²) in [5.74, 6) is -0.992. The molecule has 9 heteroatoms. The van der Waals surface area contributed by atoms with Crippen molar-refractivity contribution in [2.24, 2.45) is 0 Å². The molecule has 3 N–H and O–H groups in total. The van der Waals surface area contributed by atoms with Crippen LogP contribution in [0.25, 0.3) is 0 Å². The van der Waals surface area contributed by atoms with Crippen LogP contribution in [-0.2, 0) is 6.42 Å². The summed E-state index contributed by atoms with van der Waals surface area (Å²) >= 11 is 0. The third-order valence-electron chi connectivity index (χ3n) is 3.16. The number of alkyl halides is 2. The fourth-order valence-corrected chi connectivity index (χ4v) is 2.04. The lowest BCUT2D eigenvalue weighted by Crippen LogP contribution is -2.07. The number of phenolic OH excluding ortho intramolecular Hbond substituents is 2. The molecule has 7 nitrogen and oxygen atoms in total. The first-order valence-electron chi connectivity index (χ1n) is 6.85. The predicted octanol–water partition coefficient (Wildman–Crippen LogP) is 3.26. The van der Waals surface area contributed by atoms with E-state index in [1.807, 2.05) is 0 Å². The molecule has 0 amide bonds. The fourth-order valence-electron chi connectivity index (χ4n) is 2.04. The van der Waals surface area contributed by atoms with E-state index < -0.39 is 23.0 Å². The largest absolute Gasteiger partial charge is 0.504 e. The van der Waals surface area contributed by atoms with Gasteiger partial charge in [-0.2, -0.15) is 8.78 Å². The maximum Gasteiger partial charge on any atom is 0.387 e. The summed E-state index contributed by atoms with van der Waals surface area (Å²) in [5.41, 5.74) is 0.562. The minimum atomic E-state index is -3.17. The van der Waals surface area contributed by atoms with Crippen LogP contribution in [0.15, 0.2) is 36.4 Å². The van der Waals surface area contributed by atoms with Gasteiger partial charge in [0, 0.05) is 24.4 Å². The summed E-state index contributed by atoms with van der Waals surface area (Å²) in [6, 6.07) is 7.96. The van der Waals surface area contributed by atoms with Gasteiger partial charge in [-0.15, -0.1) is 0 Å². The lowest BCUT2D eigenvalue weighted by atomic mass is 10.1. The van der Waals surface area contributed by atoms with E-state index >= 15 is 0 Å². The average molecular weight is 340 g/mol. The van der Waals surface area contributed by atoms with Gasteiger partial charge in [0.15, 0.2) is 11.5 Å². The number of nitro benzene ring substituents is 1. The Bertz CT molecular complexity index is 740. The van der Waals surface area contributed by atoms with Gasteiger partial charge in [0.25, 0.3) is 0 Å². The highest BCUT2D eigenvalue weighted by molar-refractivity contribution is 5.58. The maximum absolute atomic E-state index is 12.3. The van der Waals surface area contributed by atoms with Gasteiger partial charge in [0.1, 0.15) is 0 Å². The molecule has 128 valence electrons. The van der Waals surface area contributed by atoms with Crippen LogP contribution in [-0.4, -0.2) is 28.3 Å². The van der Waals surface area contributed by atoms with Gasteiger partial charge < -0.3 is 20.3 Å². The second-order valence-corrected chi connectivity index (χ2v) is 4.82. The van der Waals surface area contributed by atoms with Crippen molar-refractivity contribution < 1.29 is 28.7 Å². The first-order chi connectivity index (χ1) is 11.4. The van der Waals surface area contributed by atoms with Crippen molar-refractivity contribution in [2.75, 3.05) is 11.9 Å². The quantitative estimate of drug-likeness (QED) is 0.406. The van der Waals surface area contributed by atoms with Crippen molar-refractivity contribution in [1.29, 1.82) is 0 Å². The molecule has 0 aromatic heterocycles. The van der Waals surface area contributed by atoms with Crippen molar-refractivity contribution >= 4 is 11.4 Å². The smallest absolute Gasteiger partial charge is 0.387 e. The molecule has 0 atom stereocenters. The van der Waals surface area contributed by atoms with Gasteiger partial charge >= 0.3 is 12.3 Å². The number of nitro groups is 1. The van der Waals surface area contributed by atoms with Crippen LogP contribution < -0.4 is 10.1 Å². The molecule has 0 saturated carbocycles. The molecule has 24 heavy (non-hydrogen) atoms. The molecular weight excluding hydrogens is 326 g/mol. The zero-order valence-electron chi connectivity index (χ0n) is 12.3. The summed E-state index contributed by atoms with van der Waals surface area (Å²) in [4.78, 5) is 9.98. The van der Waals surface area contributed by atoms with Crippen molar-refractivity contribution in [3.8, 4) is 17.2 Å². The molecular formula is C15H14F2N2O5. The Labute approximate surface area is 135 Å². The van der Waals surface area contributed by atoms with E-state index in [9.17, 15) is 29.1 Å². The van der Waals surface area contributed by atoms with E-state index in [-0.39, 0.29) is 11.5 Å². The number of anilines is 1. The summed E-state index contributed by atoms with van der Waals surface area (Å²) < 4.78 is 28.8. The topological polar surface area (TPSA) is 105 Å². The van der Waals surface area contributed by atoms with Gasteiger partial charge in [-0.05, 0) is 30.2 Å². The Morgan fingerprint density at radius 3 is 2.54 bits per heavy atom. The van der Waals surface area contributed by atoms with Crippen LogP contribution in [0.5, 0.6) is 17.2 Å². The summed E-state index contributed by atoms with van der Waals surface area (Å²) in [5, 5.41) is 32.3. The second kappa shape index (κ2) is 7.44. The highest BCUT2D eigenvalue weighted by Gasteiger charge is 2.18. The predicted molar refractivity (Wildman–Crippen MR) is 81.7 cm³/mol. The van der Waals surface area contributed by atoms with Crippen LogP contribution in [0.1, 0.15) is 5.56 Å². The summed E-state index contributed by atoms with van der Waals surface area (Å²) in [6.45, 7) is -2.80. The van der Waals surface area contributed by atoms with Gasteiger partial charge in [0.2, 0.25) is 5.75 Å². The highest BCUT2D eigenvalue weighted by Crippen LogP contribution is 2.31. The van der Waals surface area contributed by atoms with Crippen molar-refractivity contribution in [1.82, 2.24) is 0 Å². The van der Waals surface area contributed by atoms with Gasteiger partial charge in [-0.1, -0.05) is 6.07 Å². The standard InChI is InChI=1S/C15H14F2N2O5/c16-15(17)24-14-8-10(2-3-11(14)19(22)23)18-6-5-9-1-4-12(20)13(21)7-9/h1-4,7-8,15,18,20-21H,5-6H2. The Morgan fingerprint density at radius 2 is 1.92 bits per heavy atom. The Morgan fingerprint density at radius 1 is 1.17 bits per heavy atom. The Hall–Kier alpha value is -3.10. The zero-order valence-corrected chi connectivity index (χ0v) is 12.3. The molecule has 0 aliphatic rings. The third kappa shape index (κ3) is 4.45. The number of hydrogen-bond donors (Lipinski definition) is 3. The van der Waals surface area contributed by atoms with Crippen LogP contribution in [0, 0.1) is 10.1 Å². The number of benzene rings is 2. The molecule has 0 spiro atoms. The molecule has 0 aliphatic heterocycles. The molecule has 0 bridgehead atoms. The second-order valence-electron chi connectivity index (χ2n) is 4.82. The number of phenols is 2. The van der Waals surface area contributed by atoms with Crippen molar-refractivity contribution in [2.45, 2.75) is 13.0 Å². The van der Waals surface area contributed by atoms with E-state index in [1.54, 1.807) is 6.07 Å². The molecule has 0 saturated heterocycles. The number of halogens is 2. The number of nitrogens with zero attached hydrogens (tertiary/aromatic N) is 1. The van der Waals surface area contributed by atoms with E-state index in [0.29, 0.717) is 18.7 Å². The molecule has 2 aromatic rings. The van der Waals surface area contributed by atoms with Crippen LogP contribution >= 0.6 is 0 Å². The molecule has 2 aromatic carbocycles. The zero-order chi connectivity index (χ0) is 17.7. The first kappa shape index (κ1) is 17.3. The van der Waals surface area contributed by atoms with Crippen LogP contribution in [0.3, 0.4) is 0 Å². The van der Waals surface area contributed by atoms with E-state index in [0.717, 1.165) is 17.7 Å². The SMILES string of the molecule is O=[N+]([O-])c1ccc(NCCc2ccc(O)c(O)c2)cc1OC(F)F. The first-order valence-corrected chi connectivity index (χ1v) is 6.85. The van der Waals surface area contributed by atoms with Crippen LogP contribution in [0.2, 0.25) is 0 Å². The molecule has 0 unspecified atom stereocenters. The Kier molecular flexibility index (Phi) is 5.35. The number of nitrogens with one attached hydrogen (secondary N) is 1. The van der Waals surface area contributed by atoms with E-state index in [1.165, 1.54) is 18.2 Å². The molecule has 0 heterocycles. The van der Waals surface area contributed by atoms with Crippen molar-refractivity contribution in [3.05, 3.63) is 52.1 Å². The molecule has 2 rings (SSSR count). The number of rotatable bonds is 7. The van der Waals surface area contributed by atoms with E-state index in [4.69, 9.17) is 0 Å². The minimum Gasteiger partial charge on any atom is -0.504 e. The monoisotopic (exact) mass is 340 g/mol. The highest BCUT2D eigenvalue weighted by atomic mass is 19.3. The van der Waals surface area contributed by atoms with Gasteiger partial charge in [-0.25, -0.2) is 0 Å². The van der Waals surface area contributed by atoms with Gasteiger partial charge in [-0.3, -0.25) is 10.1 Å². The molecule has 0 fully saturated rings. The number of ether oxygens (including phenoxy) is 1. The fraction of sp³-hybridized carbons (Fsp3) is 0.200. The average Bonchev–Trinajstić information content (AvgIpc) is 2.50. The number of aromatic hydroxyl groups is 2. The summed E-state index contributed by atoms with van der Waals surface area (Å²) in [6.07, 6.45) is 0.468. The summed E-state index contributed by atoms with van der Waals surface area (Å²) in [7, 11) is 0. The lowest BCUT2D eigenvalue weighted by molar-refractivity contribution is -0.386. The minimum absolute atomic E-state index is 0.226. The lowest BCUT2D eigenvalue weighted by Gasteiger charge is -2.10. The Balaban J connectivity index is 2.04. The molecule has 0 aliphatic carbocycles. The maximum atomic E-state index is 12.3. The normalized spacial score (nSPS) is 10.6.